The van der Waals surface area contributed by atoms with Gasteiger partial charge in [-0.15, -0.1) is 0 Å². The van der Waals surface area contributed by atoms with Crippen molar-refractivity contribution in [2.45, 2.75) is 32.1 Å². The van der Waals surface area contributed by atoms with Gasteiger partial charge in [-0.25, -0.2) is 8.42 Å². The van der Waals surface area contributed by atoms with Crippen LogP contribution in [-0.4, -0.2) is 42.9 Å². The Labute approximate surface area is 112 Å². The molecule has 1 saturated heterocycles. The Hall–Kier alpha value is -1.41. The lowest BCUT2D eigenvalue weighted by Crippen LogP contribution is -2.56. The highest BCUT2D eigenvalue weighted by atomic mass is 32.2. The van der Waals surface area contributed by atoms with Crippen LogP contribution in [0.25, 0.3) is 0 Å². The molecule has 0 spiro atoms. The zero-order valence-corrected chi connectivity index (χ0v) is 11.7. The smallest absolute Gasteiger partial charge is 0.238 e. The molecule has 106 valence electrons. The van der Waals surface area contributed by atoms with Crippen LogP contribution in [0.2, 0.25) is 0 Å². The summed E-state index contributed by atoms with van der Waals surface area (Å²) in [6, 6.07) is 0.953. The highest BCUT2D eigenvalue weighted by molar-refractivity contribution is 7.88. The van der Waals surface area contributed by atoms with Crippen molar-refractivity contribution in [2.24, 2.45) is 0 Å². The number of carbonyl (C=O) groups excluding carboxylic acids is 1. The average Bonchev–Trinajstić information content (AvgIpc) is 2.73. The van der Waals surface area contributed by atoms with Crippen LogP contribution in [0.5, 0.6) is 0 Å². The molecule has 19 heavy (non-hydrogen) atoms. The second-order valence-corrected chi connectivity index (χ2v) is 6.43. The number of hydrogen-bond donors (Lipinski definition) is 1. The van der Waals surface area contributed by atoms with Gasteiger partial charge in [0.05, 0.1) is 0 Å². The highest BCUT2D eigenvalue weighted by Crippen LogP contribution is 2.17. The predicted molar refractivity (Wildman–Crippen MR) is 67.7 cm³/mol. The third-order valence-electron chi connectivity index (χ3n) is 3.03. The van der Waals surface area contributed by atoms with Crippen molar-refractivity contribution in [3.05, 3.63) is 17.5 Å². The lowest BCUT2D eigenvalue weighted by atomic mass is 10.2. The minimum atomic E-state index is -3.57. The number of hydrogen-bond acceptors (Lipinski definition) is 5. The minimum absolute atomic E-state index is 0.242. The Kier molecular flexibility index (Phi) is 3.91. The van der Waals surface area contributed by atoms with E-state index in [-0.39, 0.29) is 11.7 Å². The van der Waals surface area contributed by atoms with Crippen LogP contribution in [0.4, 0.5) is 0 Å². The number of nitrogens with one attached hydrogen (secondary N) is 1. The van der Waals surface area contributed by atoms with Crippen molar-refractivity contribution in [1.82, 2.24) is 14.8 Å². The summed E-state index contributed by atoms with van der Waals surface area (Å²) in [7, 11) is -3.57. The van der Waals surface area contributed by atoms with Crippen molar-refractivity contribution < 1.29 is 17.7 Å². The quantitative estimate of drug-likeness (QED) is 0.843. The zero-order chi connectivity index (χ0) is 14.0. The molecule has 2 rings (SSSR count). The van der Waals surface area contributed by atoms with Gasteiger partial charge >= 0.3 is 0 Å². The van der Waals surface area contributed by atoms with Gasteiger partial charge in [0, 0.05) is 19.2 Å². The molecule has 1 atom stereocenters. The van der Waals surface area contributed by atoms with Crippen LogP contribution >= 0.6 is 0 Å². The molecule has 1 aliphatic rings. The van der Waals surface area contributed by atoms with E-state index in [4.69, 9.17) is 4.52 Å². The Morgan fingerprint density at radius 1 is 1.58 bits per heavy atom. The van der Waals surface area contributed by atoms with E-state index in [1.807, 2.05) is 0 Å². The lowest BCUT2D eigenvalue weighted by Gasteiger charge is -2.33. The number of amides is 1. The van der Waals surface area contributed by atoms with Crippen molar-refractivity contribution in [3.63, 3.8) is 0 Å². The maximum absolute atomic E-state index is 12.3. The summed E-state index contributed by atoms with van der Waals surface area (Å²) < 4.78 is 30.8. The van der Waals surface area contributed by atoms with Crippen LogP contribution in [0, 0.1) is 6.92 Å². The number of sulfonamides is 1. The molecule has 8 heteroatoms. The second kappa shape index (κ2) is 5.30. The molecular formula is C11H17N3O4S. The van der Waals surface area contributed by atoms with Gasteiger partial charge in [-0.2, -0.15) is 4.31 Å². The van der Waals surface area contributed by atoms with Crippen LogP contribution in [0.3, 0.4) is 0 Å². The SMILES string of the molecule is CCC1C(=O)NCCN1S(=O)(=O)Cc1cc(C)on1. The highest BCUT2D eigenvalue weighted by Gasteiger charge is 2.36. The van der Waals surface area contributed by atoms with Gasteiger partial charge in [0.1, 0.15) is 23.2 Å². The van der Waals surface area contributed by atoms with Crippen LogP contribution in [0.15, 0.2) is 10.6 Å². The van der Waals surface area contributed by atoms with E-state index in [1.54, 1.807) is 19.9 Å². The Morgan fingerprint density at radius 2 is 2.32 bits per heavy atom. The molecular weight excluding hydrogens is 270 g/mol. The third kappa shape index (κ3) is 2.95. The molecule has 0 aliphatic carbocycles. The molecule has 1 amide bonds. The molecule has 1 fully saturated rings. The van der Waals surface area contributed by atoms with Crippen LogP contribution in [-0.2, 0) is 20.6 Å². The molecule has 1 N–H and O–H groups in total. The fourth-order valence-electron chi connectivity index (χ4n) is 2.17. The average molecular weight is 287 g/mol. The first-order valence-corrected chi connectivity index (χ1v) is 7.74. The van der Waals surface area contributed by atoms with Gasteiger partial charge in [0.15, 0.2) is 0 Å². The van der Waals surface area contributed by atoms with Crippen molar-refractivity contribution in [1.29, 1.82) is 0 Å². The van der Waals surface area contributed by atoms with Gasteiger partial charge in [-0.3, -0.25) is 4.79 Å². The molecule has 1 unspecified atom stereocenters. The van der Waals surface area contributed by atoms with E-state index in [0.29, 0.717) is 31.0 Å². The van der Waals surface area contributed by atoms with E-state index in [9.17, 15) is 13.2 Å². The zero-order valence-electron chi connectivity index (χ0n) is 10.9. The number of aryl methyl sites for hydroxylation is 1. The number of nitrogens with zero attached hydrogens (tertiary/aromatic N) is 2. The summed E-state index contributed by atoms with van der Waals surface area (Å²) in [5.41, 5.74) is 0.360. The molecule has 1 aromatic rings. The van der Waals surface area contributed by atoms with Gasteiger partial charge in [-0.05, 0) is 13.3 Å². The lowest BCUT2D eigenvalue weighted by molar-refractivity contribution is -0.126. The molecule has 0 saturated carbocycles. The molecule has 2 heterocycles. The first-order chi connectivity index (χ1) is 8.94. The van der Waals surface area contributed by atoms with Crippen molar-refractivity contribution in [3.8, 4) is 0 Å². The largest absolute Gasteiger partial charge is 0.361 e. The standard InChI is InChI=1S/C11H17N3O4S/c1-3-10-11(15)12-4-5-14(10)19(16,17)7-9-6-8(2)18-13-9/h6,10H,3-5,7H2,1-2H3,(H,12,15). The Balaban J connectivity index is 2.20. The van der Waals surface area contributed by atoms with E-state index in [1.165, 1.54) is 4.31 Å². The molecule has 0 radical (unpaired) electrons. The molecule has 0 aromatic carbocycles. The number of rotatable bonds is 4. The fraction of sp³-hybridized carbons (Fsp3) is 0.636. The maximum atomic E-state index is 12.3. The third-order valence-corrected chi connectivity index (χ3v) is 4.84. The number of piperazine rings is 1. The summed E-state index contributed by atoms with van der Waals surface area (Å²) in [6.07, 6.45) is 0.447. The molecule has 7 nitrogen and oxygen atoms in total. The first-order valence-electron chi connectivity index (χ1n) is 6.13. The van der Waals surface area contributed by atoms with Crippen molar-refractivity contribution >= 4 is 15.9 Å². The Morgan fingerprint density at radius 3 is 2.89 bits per heavy atom. The monoisotopic (exact) mass is 287 g/mol. The van der Waals surface area contributed by atoms with Gasteiger partial charge in [0.2, 0.25) is 15.9 Å². The van der Waals surface area contributed by atoms with Gasteiger partial charge in [0.25, 0.3) is 0 Å². The molecule has 1 aliphatic heterocycles. The first kappa shape index (κ1) is 14.0. The number of aromatic nitrogens is 1. The fourth-order valence-corrected chi connectivity index (χ4v) is 3.85. The summed E-state index contributed by atoms with van der Waals surface area (Å²) in [5.74, 6) is 0.0796. The van der Waals surface area contributed by atoms with Crippen molar-refractivity contribution in [2.75, 3.05) is 13.1 Å². The second-order valence-electron chi connectivity index (χ2n) is 4.51. The van der Waals surface area contributed by atoms with Crippen LogP contribution in [0.1, 0.15) is 24.8 Å². The maximum Gasteiger partial charge on any atom is 0.238 e. The minimum Gasteiger partial charge on any atom is -0.361 e. The molecule has 0 bridgehead atoms. The van der Waals surface area contributed by atoms with E-state index >= 15 is 0 Å². The van der Waals surface area contributed by atoms with E-state index in [0.717, 1.165) is 0 Å². The summed E-state index contributed by atoms with van der Waals surface area (Å²) in [5, 5.41) is 6.36. The summed E-state index contributed by atoms with van der Waals surface area (Å²) >= 11 is 0. The van der Waals surface area contributed by atoms with Gasteiger partial charge < -0.3 is 9.84 Å². The summed E-state index contributed by atoms with van der Waals surface area (Å²) in [4.78, 5) is 11.7. The van der Waals surface area contributed by atoms with E-state index < -0.39 is 16.1 Å². The predicted octanol–water partition coefficient (Wildman–Crippen LogP) is 0.0232. The van der Waals surface area contributed by atoms with E-state index in [2.05, 4.69) is 10.5 Å². The van der Waals surface area contributed by atoms with Gasteiger partial charge in [-0.1, -0.05) is 12.1 Å². The molecule has 1 aromatic heterocycles. The number of carbonyl (C=O) groups is 1. The Bertz CT molecular complexity index is 566. The normalized spacial score (nSPS) is 21.4. The van der Waals surface area contributed by atoms with Crippen LogP contribution < -0.4 is 5.32 Å². The topological polar surface area (TPSA) is 92.5 Å². The summed E-state index contributed by atoms with van der Waals surface area (Å²) in [6.45, 7) is 4.13.